The number of thiophene rings is 1. The molecule has 152 valence electrons. The van der Waals surface area contributed by atoms with Crippen molar-refractivity contribution in [2.45, 2.75) is 25.3 Å². The number of nitrogens with one attached hydrogen (secondary N) is 2. The minimum absolute atomic E-state index is 0.0240. The van der Waals surface area contributed by atoms with Gasteiger partial charge in [-0.15, -0.1) is 11.3 Å². The van der Waals surface area contributed by atoms with Gasteiger partial charge in [0.1, 0.15) is 0 Å². The third-order valence-corrected chi connectivity index (χ3v) is 6.27. The Bertz CT molecular complexity index is 724. The molecule has 1 aromatic carbocycles. The van der Waals surface area contributed by atoms with E-state index >= 15 is 0 Å². The molecular weight excluding hydrogens is 368 g/mol. The average molecular weight is 401 g/mol. The predicted octanol–water partition coefficient (Wildman–Crippen LogP) is 3.26. The maximum absolute atomic E-state index is 5.54. The first-order valence-corrected chi connectivity index (χ1v) is 10.8. The van der Waals surface area contributed by atoms with Crippen LogP contribution in [0.15, 0.2) is 52.8 Å². The maximum atomic E-state index is 5.54. The van der Waals surface area contributed by atoms with Crippen LogP contribution in [0.4, 0.5) is 0 Å². The molecule has 3 rings (SSSR count). The topological polar surface area (TPSA) is 48.9 Å². The van der Waals surface area contributed by atoms with Gasteiger partial charge in [0.15, 0.2) is 5.96 Å². The molecule has 5 nitrogen and oxygen atoms in total. The molecule has 0 radical (unpaired) electrons. The van der Waals surface area contributed by atoms with Crippen LogP contribution in [0.2, 0.25) is 0 Å². The van der Waals surface area contributed by atoms with E-state index in [-0.39, 0.29) is 5.41 Å². The van der Waals surface area contributed by atoms with Gasteiger partial charge in [0.2, 0.25) is 0 Å². The van der Waals surface area contributed by atoms with Crippen LogP contribution in [0.25, 0.3) is 0 Å². The second-order valence-corrected chi connectivity index (χ2v) is 8.72. The number of guanidine groups is 1. The lowest BCUT2D eigenvalue weighted by atomic mass is 9.85. The molecular formula is C22H32N4OS. The van der Waals surface area contributed by atoms with E-state index in [1.165, 1.54) is 10.4 Å². The van der Waals surface area contributed by atoms with Crippen molar-refractivity contribution in [2.75, 3.05) is 46.4 Å². The van der Waals surface area contributed by atoms with Crippen LogP contribution in [0.5, 0.6) is 0 Å². The van der Waals surface area contributed by atoms with Crippen LogP contribution in [0.3, 0.4) is 0 Å². The van der Waals surface area contributed by atoms with Crippen molar-refractivity contribution in [2.24, 2.45) is 4.99 Å². The van der Waals surface area contributed by atoms with Crippen molar-refractivity contribution in [1.82, 2.24) is 15.5 Å². The van der Waals surface area contributed by atoms with Gasteiger partial charge in [-0.3, -0.25) is 9.89 Å². The number of ether oxygens (including phenoxy) is 1. The van der Waals surface area contributed by atoms with Crippen molar-refractivity contribution in [3.63, 3.8) is 0 Å². The molecule has 2 heterocycles. The Morgan fingerprint density at radius 1 is 1.14 bits per heavy atom. The van der Waals surface area contributed by atoms with Crippen molar-refractivity contribution in [1.29, 1.82) is 0 Å². The van der Waals surface area contributed by atoms with Gasteiger partial charge in [-0.25, -0.2) is 0 Å². The highest BCUT2D eigenvalue weighted by atomic mass is 32.1. The molecule has 0 bridgehead atoms. The molecule has 0 spiro atoms. The highest BCUT2D eigenvalue weighted by Crippen LogP contribution is 2.25. The molecule has 1 aliphatic heterocycles. The largest absolute Gasteiger partial charge is 0.379 e. The van der Waals surface area contributed by atoms with E-state index < -0.39 is 0 Å². The summed E-state index contributed by atoms with van der Waals surface area (Å²) in [6.45, 7) is 9.70. The molecule has 0 aliphatic carbocycles. The van der Waals surface area contributed by atoms with E-state index in [0.717, 1.165) is 45.4 Å². The lowest BCUT2D eigenvalue weighted by molar-refractivity contribution is 0.0177. The highest BCUT2D eigenvalue weighted by Gasteiger charge is 2.24. The zero-order valence-corrected chi connectivity index (χ0v) is 18.0. The van der Waals surface area contributed by atoms with E-state index in [0.29, 0.717) is 6.04 Å². The molecule has 1 aromatic heterocycles. The number of morpholine rings is 1. The smallest absolute Gasteiger partial charge is 0.191 e. The SMILES string of the molecule is CN=C(NCC(c1cccs1)N1CCOCC1)NCC(C)(C)c1ccccc1. The van der Waals surface area contributed by atoms with E-state index in [9.17, 15) is 0 Å². The summed E-state index contributed by atoms with van der Waals surface area (Å²) in [5.74, 6) is 0.846. The number of hydrogen-bond acceptors (Lipinski definition) is 4. The maximum Gasteiger partial charge on any atom is 0.191 e. The normalized spacial score (nSPS) is 17.3. The van der Waals surface area contributed by atoms with Gasteiger partial charge in [-0.05, 0) is 17.0 Å². The Labute approximate surface area is 172 Å². The van der Waals surface area contributed by atoms with Crippen LogP contribution < -0.4 is 10.6 Å². The summed E-state index contributed by atoms with van der Waals surface area (Å²) in [5, 5.41) is 9.20. The van der Waals surface area contributed by atoms with Crippen molar-refractivity contribution in [3.05, 3.63) is 58.3 Å². The fourth-order valence-corrected chi connectivity index (χ4v) is 4.35. The Morgan fingerprint density at radius 3 is 2.54 bits per heavy atom. The number of benzene rings is 1. The van der Waals surface area contributed by atoms with Gasteiger partial charge >= 0.3 is 0 Å². The number of hydrogen-bond donors (Lipinski definition) is 2. The van der Waals surface area contributed by atoms with E-state index in [4.69, 9.17) is 4.74 Å². The van der Waals surface area contributed by atoms with Gasteiger partial charge in [0.25, 0.3) is 0 Å². The molecule has 2 N–H and O–H groups in total. The summed E-state index contributed by atoms with van der Waals surface area (Å²) in [4.78, 5) is 8.33. The second-order valence-electron chi connectivity index (χ2n) is 7.74. The molecule has 1 atom stereocenters. The fourth-order valence-electron chi connectivity index (χ4n) is 3.49. The highest BCUT2D eigenvalue weighted by molar-refractivity contribution is 7.10. The first-order valence-electron chi connectivity index (χ1n) is 9.95. The quantitative estimate of drug-likeness (QED) is 0.553. The van der Waals surface area contributed by atoms with Crippen LogP contribution in [0, 0.1) is 0 Å². The van der Waals surface area contributed by atoms with Crippen LogP contribution in [-0.4, -0.2) is 57.3 Å². The van der Waals surface area contributed by atoms with Crippen molar-refractivity contribution in [3.8, 4) is 0 Å². The summed E-state index contributed by atoms with van der Waals surface area (Å²) in [7, 11) is 1.83. The summed E-state index contributed by atoms with van der Waals surface area (Å²) in [6, 6.07) is 15.3. The third-order valence-electron chi connectivity index (χ3n) is 5.30. The molecule has 1 unspecified atom stereocenters. The molecule has 2 aromatic rings. The Kier molecular flexibility index (Phi) is 7.48. The first-order chi connectivity index (χ1) is 13.6. The number of rotatable bonds is 7. The lowest BCUT2D eigenvalue weighted by Crippen LogP contribution is -2.48. The minimum Gasteiger partial charge on any atom is -0.379 e. The summed E-state index contributed by atoms with van der Waals surface area (Å²) in [5.41, 5.74) is 1.35. The van der Waals surface area contributed by atoms with Crippen LogP contribution in [-0.2, 0) is 10.2 Å². The predicted molar refractivity (Wildman–Crippen MR) is 118 cm³/mol. The molecule has 1 fully saturated rings. The van der Waals surface area contributed by atoms with E-state index in [1.807, 2.05) is 18.4 Å². The molecule has 0 saturated carbocycles. The Balaban J connectivity index is 1.58. The zero-order chi connectivity index (χ0) is 19.8. The second kappa shape index (κ2) is 10.0. The van der Waals surface area contributed by atoms with Gasteiger partial charge in [-0.1, -0.05) is 50.2 Å². The fraction of sp³-hybridized carbons (Fsp3) is 0.500. The standard InChI is InChI=1S/C22H32N4OS/c1-22(2,18-8-5-4-6-9-18)17-25-21(23-3)24-16-19(20-10-7-15-28-20)26-11-13-27-14-12-26/h4-10,15,19H,11-14,16-17H2,1-3H3,(H2,23,24,25). The van der Waals surface area contributed by atoms with E-state index in [1.54, 1.807) is 0 Å². The molecule has 6 heteroatoms. The molecule has 0 amide bonds. The van der Waals surface area contributed by atoms with Gasteiger partial charge in [-0.2, -0.15) is 0 Å². The van der Waals surface area contributed by atoms with Crippen LogP contribution in [0.1, 0.15) is 30.3 Å². The molecule has 1 aliphatic rings. The zero-order valence-electron chi connectivity index (χ0n) is 17.1. The monoisotopic (exact) mass is 400 g/mol. The summed E-state index contributed by atoms with van der Waals surface area (Å²) in [6.07, 6.45) is 0. The number of aliphatic imine (C=N–C) groups is 1. The van der Waals surface area contributed by atoms with Crippen molar-refractivity contribution >= 4 is 17.3 Å². The molecule has 1 saturated heterocycles. The number of nitrogens with zero attached hydrogens (tertiary/aromatic N) is 2. The third kappa shape index (κ3) is 5.56. The van der Waals surface area contributed by atoms with Crippen molar-refractivity contribution < 1.29 is 4.74 Å². The van der Waals surface area contributed by atoms with Gasteiger partial charge in [0.05, 0.1) is 19.3 Å². The molecule has 28 heavy (non-hydrogen) atoms. The summed E-state index contributed by atoms with van der Waals surface area (Å²) >= 11 is 1.82. The first kappa shape index (κ1) is 20.8. The van der Waals surface area contributed by atoms with Crippen LogP contribution >= 0.6 is 11.3 Å². The average Bonchev–Trinajstić information content (AvgIpc) is 3.26. The van der Waals surface area contributed by atoms with Gasteiger partial charge in [0, 0.05) is 43.5 Å². The minimum atomic E-state index is 0.0240. The van der Waals surface area contributed by atoms with E-state index in [2.05, 4.69) is 82.2 Å². The Hall–Kier alpha value is -1.89. The Morgan fingerprint density at radius 2 is 1.89 bits per heavy atom. The lowest BCUT2D eigenvalue weighted by Gasteiger charge is -2.34. The van der Waals surface area contributed by atoms with Gasteiger partial charge < -0.3 is 15.4 Å². The summed E-state index contributed by atoms with van der Waals surface area (Å²) < 4.78 is 5.54.